The Morgan fingerprint density at radius 3 is 1.27 bits per heavy atom. The fourth-order valence-electron chi connectivity index (χ4n) is 2.12. The minimum absolute atomic E-state index is 0.282. The van der Waals surface area contributed by atoms with Gasteiger partial charge in [0.1, 0.15) is 0 Å². The van der Waals surface area contributed by atoms with E-state index in [9.17, 15) is 52.7 Å². The molecule has 13 heteroatoms. The van der Waals surface area contributed by atoms with Gasteiger partial charge in [0.2, 0.25) is 0 Å². The van der Waals surface area contributed by atoms with Crippen LogP contribution in [0.25, 0.3) is 0 Å². The van der Waals surface area contributed by atoms with Crippen molar-refractivity contribution in [3.05, 3.63) is 0 Å². The summed E-state index contributed by atoms with van der Waals surface area (Å²) in [6.07, 6.45) is -6.27. The van der Waals surface area contributed by atoms with E-state index in [1.54, 1.807) is 0 Å². The third-order valence-electron chi connectivity index (χ3n) is 3.39. The normalized spacial score (nSPS) is 35.2. The largest absolute Gasteiger partial charge is 0.422 e. The molecule has 0 amide bonds. The van der Waals surface area contributed by atoms with Crippen molar-refractivity contribution in [3.8, 4) is 0 Å². The number of ether oxygens (including phenoxy) is 1. The van der Waals surface area contributed by atoms with Crippen LogP contribution in [0.15, 0.2) is 0 Å². The van der Waals surface area contributed by atoms with Gasteiger partial charge in [0.15, 0.2) is 0 Å². The number of hydrogen-bond donors (Lipinski definition) is 0. The molecule has 0 spiro atoms. The summed E-state index contributed by atoms with van der Waals surface area (Å²) in [5, 5.41) is 0. The minimum Gasteiger partial charge on any atom is -0.319 e. The SMILES string of the molecule is COC(F)(F)C(F)(F)C1(F)C(F)(F)C(F)(F)C1(F)C(C)(F)F. The zero-order chi connectivity index (χ0) is 18.2. The molecule has 22 heavy (non-hydrogen) atoms. The van der Waals surface area contributed by atoms with Gasteiger partial charge in [-0.15, -0.1) is 0 Å². The first-order valence-corrected chi connectivity index (χ1v) is 5.13. The predicted octanol–water partition coefficient (Wildman–Crippen LogP) is 4.22. The van der Waals surface area contributed by atoms with Gasteiger partial charge in [0, 0.05) is 14.0 Å². The summed E-state index contributed by atoms with van der Waals surface area (Å²) in [6, 6.07) is 0. The average molecular weight is 358 g/mol. The maximum atomic E-state index is 13.8. The molecule has 0 saturated heterocycles. The van der Waals surface area contributed by atoms with Gasteiger partial charge >= 0.3 is 23.9 Å². The molecule has 0 N–H and O–H groups in total. The quantitative estimate of drug-likeness (QED) is 0.684. The first-order chi connectivity index (χ1) is 9.31. The van der Waals surface area contributed by atoms with Crippen LogP contribution < -0.4 is 0 Å². The molecule has 0 bridgehead atoms. The molecule has 0 aromatic rings. The molecule has 1 saturated carbocycles. The molecule has 1 nitrogen and oxygen atoms in total. The monoisotopic (exact) mass is 358 g/mol. The van der Waals surface area contributed by atoms with Crippen LogP contribution in [-0.4, -0.2) is 48.2 Å². The lowest BCUT2D eigenvalue weighted by Crippen LogP contribution is -2.95. The van der Waals surface area contributed by atoms with E-state index in [0.717, 1.165) is 0 Å². The molecule has 2 unspecified atom stereocenters. The van der Waals surface area contributed by atoms with Crippen LogP contribution in [0.1, 0.15) is 6.92 Å². The third-order valence-corrected chi connectivity index (χ3v) is 3.39. The van der Waals surface area contributed by atoms with Gasteiger partial charge in [-0.3, -0.25) is 0 Å². The summed E-state index contributed by atoms with van der Waals surface area (Å²) in [4.78, 5) is 0. The standard InChI is InChI=1S/C9H6F12O/c1-3(10,11)4(12)5(13,7(16,17)6(4,14)15)8(18,19)9(20,21)22-2/h1-2H3. The van der Waals surface area contributed by atoms with Gasteiger partial charge in [-0.2, -0.15) is 35.1 Å². The molecule has 1 rings (SSSR count). The van der Waals surface area contributed by atoms with Crippen LogP contribution in [0, 0.1) is 0 Å². The molecular weight excluding hydrogens is 352 g/mol. The number of hydrogen-bond acceptors (Lipinski definition) is 1. The van der Waals surface area contributed by atoms with Crippen LogP contribution in [0.3, 0.4) is 0 Å². The molecule has 1 aliphatic rings. The van der Waals surface area contributed by atoms with E-state index in [1.807, 2.05) is 0 Å². The van der Waals surface area contributed by atoms with Gasteiger partial charge in [-0.25, -0.2) is 17.6 Å². The van der Waals surface area contributed by atoms with Gasteiger partial charge < -0.3 is 4.74 Å². The molecule has 132 valence electrons. The minimum atomic E-state index is -7.05. The maximum Gasteiger partial charge on any atom is 0.422 e. The van der Waals surface area contributed by atoms with E-state index in [4.69, 9.17) is 0 Å². The Hall–Kier alpha value is -0.880. The molecule has 0 aliphatic heterocycles. The summed E-state index contributed by atoms with van der Waals surface area (Å²) < 4.78 is 160. The number of rotatable bonds is 4. The topological polar surface area (TPSA) is 9.23 Å². The highest BCUT2D eigenvalue weighted by atomic mass is 19.4. The molecule has 0 radical (unpaired) electrons. The van der Waals surface area contributed by atoms with Crippen molar-refractivity contribution < 1.29 is 57.4 Å². The Morgan fingerprint density at radius 2 is 1.00 bits per heavy atom. The summed E-state index contributed by atoms with van der Waals surface area (Å²) in [7, 11) is -0.282. The van der Waals surface area contributed by atoms with Crippen molar-refractivity contribution in [1.29, 1.82) is 0 Å². The van der Waals surface area contributed by atoms with Gasteiger partial charge in [0.25, 0.3) is 17.3 Å². The van der Waals surface area contributed by atoms with Crippen molar-refractivity contribution in [2.75, 3.05) is 7.11 Å². The Balaban J connectivity index is 3.75. The molecule has 0 heterocycles. The smallest absolute Gasteiger partial charge is 0.319 e. The van der Waals surface area contributed by atoms with Crippen LogP contribution in [0.2, 0.25) is 0 Å². The van der Waals surface area contributed by atoms with Crippen molar-refractivity contribution in [3.63, 3.8) is 0 Å². The Labute approximate surface area is 114 Å². The highest BCUT2D eigenvalue weighted by Gasteiger charge is 3.10. The molecule has 1 aliphatic carbocycles. The highest BCUT2D eigenvalue weighted by molar-refractivity contribution is 5.39. The van der Waals surface area contributed by atoms with E-state index in [0.29, 0.717) is 0 Å². The van der Waals surface area contributed by atoms with Crippen molar-refractivity contribution >= 4 is 0 Å². The highest BCUT2D eigenvalue weighted by Crippen LogP contribution is 2.77. The van der Waals surface area contributed by atoms with E-state index in [1.165, 1.54) is 0 Å². The molecular formula is C9H6F12O. The zero-order valence-corrected chi connectivity index (χ0v) is 10.4. The average Bonchev–Trinajstić information content (AvgIpc) is 2.33. The lowest BCUT2D eigenvalue weighted by Gasteiger charge is -2.61. The first kappa shape index (κ1) is 19.2. The van der Waals surface area contributed by atoms with Gasteiger partial charge in [-0.1, -0.05) is 0 Å². The van der Waals surface area contributed by atoms with E-state index in [2.05, 4.69) is 4.74 Å². The second kappa shape index (κ2) is 4.15. The second-order valence-electron chi connectivity index (χ2n) is 4.65. The van der Waals surface area contributed by atoms with Gasteiger partial charge in [-0.05, 0) is 0 Å². The van der Waals surface area contributed by atoms with Crippen LogP contribution in [-0.2, 0) is 4.74 Å². The van der Waals surface area contributed by atoms with Crippen molar-refractivity contribution in [1.82, 2.24) is 0 Å². The summed E-state index contributed by atoms with van der Waals surface area (Å²) in [5.74, 6) is -26.5. The third kappa shape index (κ3) is 1.48. The van der Waals surface area contributed by atoms with Crippen LogP contribution in [0.5, 0.6) is 0 Å². The Bertz CT molecular complexity index is 468. The summed E-state index contributed by atoms with van der Waals surface area (Å²) in [5.41, 5.74) is -13.5. The van der Waals surface area contributed by atoms with E-state index < -0.39 is 48.1 Å². The number of alkyl halides is 12. The molecule has 1 fully saturated rings. The Kier molecular flexibility index (Phi) is 3.61. The maximum absolute atomic E-state index is 13.8. The zero-order valence-electron chi connectivity index (χ0n) is 10.4. The fraction of sp³-hybridized carbons (Fsp3) is 1.00. The fourth-order valence-corrected chi connectivity index (χ4v) is 2.12. The lowest BCUT2D eigenvalue weighted by molar-refractivity contribution is -0.530. The van der Waals surface area contributed by atoms with E-state index in [-0.39, 0.29) is 7.11 Å². The first-order valence-electron chi connectivity index (χ1n) is 5.13. The molecule has 0 aromatic heterocycles. The van der Waals surface area contributed by atoms with Crippen molar-refractivity contribution in [2.24, 2.45) is 0 Å². The van der Waals surface area contributed by atoms with Crippen LogP contribution in [0.4, 0.5) is 52.7 Å². The predicted molar refractivity (Wildman–Crippen MR) is 45.1 cm³/mol. The summed E-state index contributed by atoms with van der Waals surface area (Å²) in [6.45, 7) is -0.925. The van der Waals surface area contributed by atoms with Crippen LogP contribution >= 0.6 is 0 Å². The van der Waals surface area contributed by atoms with Gasteiger partial charge in [0.05, 0.1) is 0 Å². The lowest BCUT2D eigenvalue weighted by atomic mass is 9.55. The Morgan fingerprint density at radius 1 is 0.682 bits per heavy atom. The number of halogens is 12. The molecule has 2 atom stereocenters. The number of methoxy groups -OCH3 is 1. The molecule has 0 aromatic carbocycles. The second-order valence-corrected chi connectivity index (χ2v) is 4.65. The van der Waals surface area contributed by atoms with Crippen molar-refractivity contribution in [2.45, 2.75) is 48.1 Å². The summed E-state index contributed by atoms with van der Waals surface area (Å²) >= 11 is 0. The van der Waals surface area contributed by atoms with E-state index >= 15 is 0 Å².